The number of phenols is 1. The second kappa shape index (κ2) is 7.33. The van der Waals surface area contributed by atoms with Gasteiger partial charge in [0.15, 0.2) is 0 Å². The molecule has 1 saturated heterocycles. The Labute approximate surface area is 141 Å². The van der Waals surface area contributed by atoms with E-state index in [1.165, 1.54) is 35.9 Å². The minimum atomic E-state index is -0.809. The number of benzene rings is 1. The summed E-state index contributed by atoms with van der Waals surface area (Å²) < 4.78 is 0. The van der Waals surface area contributed by atoms with Crippen LogP contribution in [0.3, 0.4) is 0 Å². The van der Waals surface area contributed by atoms with E-state index < -0.39 is 18.0 Å². The van der Waals surface area contributed by atoms with E-state index in [0.717, 1.165) is 12.0 Å². The Balaban J connectivity index is 2.14. The van der Waals surface area contributed by atoms with Gasteiger partial charge in [0.1, 0.15) is 17.8 Å². The standard InChI is InChI=1S/C17H23N3O4/c1-11(21)20-9-3-4-14(20)17(24)19(2)15(16(18)23)10-12-5-7-13(22)8-6-12/h5-8,14-15,22H,3-4,9-10H2,1-2H3,(H2,18,23)/t14-,15+/m0/s1. The number of likely N-dealkylation sites (tertiary alicyclic amines) is 1. The smallest absolute Gasteiger partial charge is 0.245 e. The molecule has 1 fully saturated rings. The van der Waals surface area contributed by atoms with E-state index in [-0.39, 0.29) is 24.0 Å². The Kier molecular flexibility index (Phi) is 5.43. The van der Waals surface area contributed by atoms with Crippen LogP contribution in [0.15, 0.2) is 24.3 Å². The van der Waals surface area contributed by atoms with Gasteiger partial charge in [0.2, 0.25) is 17.7 Å². The van der Waals surface area contributed by atoms with Crippen LogP contribution in [-0.2, 0) is 20.8 Å². The fraction of sp³-hybridized carbons (Fsp3) is 0.471. The number of hydrogen-bond donors (Lipinski definition) is 2. The number of likely N-dealkylation sites (N-methyl/N-ethyl adjacent to an activating group) is 1. The largest absolute Gasteiger partial charge is 0.508 e. The lowest BCUT2D eigenvalue weighted by Gasteiger charge is -2.31. The molecule has 0 aliphatic carbocycles. The third kappa shape index (κ3) is 3.84. The number of aromatic hydroxyl groups is 1. The van der Waals surface area contributed by atoms with Crippen LogP contribution < -0.4 is 5.73 Å². The second-order valence-electron chi connectivity index (χ2n) is 6.11. The van der Waals surface area contributed by atoms with E-state index in [9.17, 15) is 19.5 Å². The molecule has 1 heterocycles. The lowest BCUT2D eigenvalue weighted by atomic mass is 10.0. The monoisotopic (exact) mass is 333 g/mol. The molecule has 2 rings (SSSR count). The van der Waals surface area contributed by atoms with E-state index >= 15 is 0 Å². The molecule has 2 atom stereocenters. The van der Waals surface area contributed by atoms with E-state index in [4.69, 9.17) is 5.73 Å². The molecule has 24 heavy (non-hydrogen) atoms. The molecule has 130 valence electrons. The van der Waals surface area contributed by atoms with Crippen molar-refractivity contribution in [3.63, 3.8) is 0 Å². The van der Waals surface area contributed by atoms with Gasteiger partial charge in [0.25, 0.3) is 0 Å². The van der Waals surface area contributed by atoms with E-state index in [2.05, 4.69) is 0 Å². The van der Waals surface area contributed by atoms with Crippen LogP contribution in [0.4, 0.5) is 0 Å². The number of nitrogens with two attached hydrogens (primary N) is 1. The van der Waals surface area contributed by atoms with Crippen molar-refractivity contribution in [3.05, 3.63) is 29.8 Å². The molecule has 3 N–H and O–H groups in total. The summed E-state index contributed by atoms with van der Waals surface area (Å²) in [5.74, 6) is -0.896. The molecule has 1 aromatic rings. The van der Waals surface area contributed by atoms with Crippen molar-refractivity contribution in [2.75, 3.05) is 13.6 Å². The first-order valence-corrected chi connectivity index (χ1v) is 7.92. The van der Waals surface area contributed by atoms with Gasteiger partial charge in [0.05, 0.1) is 0 Å². The average Bonchev–Trinajstić information content (AvgIpc) is 3.02. The minimum absolute atomic E-state index is 0.127. The average molecular weight is 333 g/mol. The zero-order valence-electron chi connectivity index (χ0n) is 13.9. The number of amides is 3. The SMILES string of the molecule is CC(=O)N1CCC[C@H]1C(=O)N(C)[C@H](Cc1ccc(O)cc1)C(N)=O. The van der Waals surface area contributed by atoms with Crippen LogP contribution in [0.2, 0.25) is 0 Å². The predicted octanol–water partition coefficient (Wildman–Crippen LogP) is 0.258. The number of carbonyl (C=O) groups excluding carboxylic acids is 3. The Morgan fingerprint density at radius 2 is 1.96 bits per heavy atom. The second-order valence-corrected chi connectivity index (χ2v) is 6.11. The minimum Gasteiger partial charge on any atom is -0.508 e. The van der Waals surface area contributed by atoms with Crippen LogP contribution >= 0.6 is 0 Å². The summed E-state index contributed by atoms with van der Waals surface area (Å²) in [6.07, 6.45) is 1.61. The molecule has 7 nitrogen and oxygen atoms in total. The summed E-state index contributed by atoms with van der Waals surface area (Å²) >= 11 is 0. The maximum atomic E-state index is 12.7. The zero-order valence-corrected chi connectivity index (χ0v) is 13.9. The normalized spacial score (nSPS) is 18.2. The number of hydrogen-bond acceptors (Lipinski definition) is 4. The van der Waals surface area contributed by atoms with E-state index in [0.29, 0.717) is 13.0 Å². The van der Waals surface area contributed by atoms with Gasteiger partial charge in [-0.3, -0.25) is 14.4 Å². The summed E-state index contributed by atoms with van der Waals surface area (Å²) in [6, 6.07) is 5.06. The van der Waals surface area contributed by atoms with Crippen molar-refractivity contribution in [2.24, 2.45) is 5.73 Å². The van der Waals surface area contributed by atoms with E-state index in [1.807, 2.05) is 0 Å². The van der Waals surface area contributed by atoms with Crippen molar-refractivity contribution in [1.82, 2.24) is 9.80 Å². The molecule has 1 aromatic carbocycles. The van der Waals surface area contributed by atoms with Crippen LogP contribution in [0.1, 0.15) is 25.3 Å². The van der Waals surface area contributed by atoms with Gasteiger partial charge >= 0.3 is 0 Å². The summed E-state index contributed by atoms with van der Waals surface area (Å²) in [4.78, 5) is 39.1. The summed E-state index contributed by atoms with van der Waals surface area (Å²) in [5.41, 5.74) is 6.27. The first-order chi connectivity index (χ1) is 11.3. The van der Waals surface area contributed by atoms with Crippen LogP contribution in [0.5, 0.6) is 5.75 Å². The fourth-order valence-electron chi connectivity index (χ4n) is 3.07. The van der Waals surface area contributed by atoms with Crippen molar-refractivity contribution >= 4 is 17.7 Å². The molecule has 1 aliphatic heterocycles. The highest BCUT2D eigenvalue weighted by Crippen LogP contribution is 2.21. The van der Waals surface area contributed by atoms with E-state index in [1.54, 1.807) is 12.1 Å². The molecule has 0 spiro atoms. The highest BCUT2D eigenvalue weighted by molar-refractivity contribution is 5.91. The number of primary amides is 1. The van der Waals surface area contributed by atoms with Crippen LogP contribution in [0, 0.1) is 0 Å². The Morgan fingerprint density at radius 1 is 1.33 bits per heavy atom. The molecule has 1 aliphatic rings. The lowest BCUT2D eigenvalue weighted by molar-refractivity contribution is -0.145. The predicted molar refractivity (Wildman–Crippen MR) is 88.0 cm³/mol. The van der Waals surface area contributed by atoms with Gasteiger partial charge in [-0.1, -0.05) is 12.1 Å². The molecular formula is C17H23N3O4. The van der Waals surface area contributed by atoms with Gasteiger partial charge in [0, 0.05) is 26.9 Å². The summed E-state index contributed by atoms with van der Waals surface area (Å²) in [7, 11) is 1.54. The Hall–Kier alpha value is -2.57. The summed E-state index contributed by atoms with van der Waals surface area (Å²) in [6.45, 7) is 1.99. The van der Waals surface area contributed by atoms with Gasteiger partial charge < -0.3 is 20.6 Å². The highest BCUT2D eigenvalue weighted by atomic mass is 16.3. The van der Waals surface area contributed by atoms with Crippen molar-refractivity contribution < 1.29 is 19.5 Å². The van der Waals surface area contributed by atoms with Crippen LogP contribution in [-0.4, -0.2) is 58.3 Å². The molecule has 3 amide bonds. The first-order valence-electron chi connectivity index (χ1n) is 7.92. The third-order valence-corrected chi connectivity index (χ3v) is 4.45. The van der Waals surface area contributed by atoms with Gasteiger partial charge in [-0.05, 0) is 30.5 Å². The lowest BCUT2D eigenvalue weighted by Crippen LogP contribution is -2.53. The van der Waals surface area contributed by atoms with Crippen LogP contribution in [0.25, 0.3) is 0 Å². The molecule has 0 saturated carbocycles. The molecular weight excluding hydrogens is 310 g/mol. The highest BCUT2D eigenvalue weighted by Gasteiger charge is 2.37. The first kappa shape index (κ1) is 17.8. The van der Waals surface area contributed by atoms with Gasteiger partial charge in [-0.25, -0.2) is 0 Å². The third-order valence-electron chi connectivity index (χ3n) is 4.45. The van der Waals surface area contributed by atoms with Gasteiger partial charge in [-0.2, -0.15) is 0 Å². The number of nitrogens with zero attached hydrogens (tertiary/aromatic N) is 2. The maximum absolute atomic E-state index is 12.7. The zero-order chi connectivity index (χ0) is 17.9. The fourth-order valence-corrected chi connectivity index (χ4v) is 3.07. The number of phenolic OH excluding ortho intramolecular Hbond substituents is 1. The quantitative estimate of drug-likeness (QED) is 0.806. The molecule has 0 unspecified atom stereocenters. The van der Waals surface area contributed by atoms with Crippen molar-refractivity contribution in [1.29, 1.82) is 0 Å². The van der Waals surface area contributed by atoms with Gasteiger partial charge in [-0.15, -0.1) is 0 Å². The number of rotatable bonds is 5. The summed E-state index contributed by atoms with van der Waals surface area (Å²) in [5, 5.41) is 9.33. The molecule has 0 radical (unpaired) electrons. The number of carbonyl (C=O) groups is 3. The Morgan fingerprint density at radius 3 is 2.50 bits per heavy atom. The maximum Gasteiger partial charge on any atom is 0.245 e. The Bertz CT molecular complexity index is 629. The molecule has 0 bridgehead atoms. The molecule has 0 aromatic heterocycles. The van der Waals surface area contributed by atoms with Crippen molar-refractivity contribution in [2.45, 2.75) is 38.3 Å². The molecule has 7 heteroatoms. The van der Waals surface area contributed by atoms with Crippen molar-refractivity contribution in [3.8, 4) is 5.75 Å². The topological polar surface area (TPSA) is 104 Å².